The van der Waals surface area contributed by atoms with Crippen LogP contribution in [0.5, 0.6) is 0 Å². The number of rotatable bonds is 4. The Balaban J connectivity index is 1.67. The van der Waals surface area contributed by atoms with Gasteiger partial charge in [0.05, 0.1) is 4.99 Å². The zero-order chi connectivity index (χ0) is 14.8. The van der Waals surface area contributed by atoms with Gasteiger partial charge in [0.15, 0.2) is 0 Å². The fourth-order valence-electron chi connectivity index (χ4n) is 3.40. The normalized spacial score (nSPS) is 23.9. The van der Waals surface area contributed by atoms with E-state index in [4.69, 9.17) is 18.0 Å². The Morgan fingerprint density at radius 2 is 2.10 bits per heavy atom. The van der Waals surface area contributed by atoms with E-state index in [0.29, 0.717) is 23.4 Å². The van der Waals surface area contributed by atoms with Gasteiger partial charge in [0.25, 0.3) is 0 Å². The van der Waals surface area contributed by atoms with Gasteiger partial charge in [0, 0.05) is 44.6 Å². The summed E-state index contributed by atoms with van der Waals surface area (Å²) in [6.45, 7) is 3.53. The number of piperazine rings is 1. The lowest BCUT2D eigenvalue weighted by Gasteiger charge is -2.39. The Hall–Kier alpha value is -1.46. The average molecular weight is 303 g/mol. The van der Waals surface area contributed by atoms with Gasteiger partial charge >= 0.3 is 0 Å². The van der Waals surface area contributed by atoms with Crippen molar-refractivity contribution in [3.05, 3.63) is 35.9 Å². The molecule has 21 heavy (non-hydrogen) atoms. The van der Waals surface area contributed by atoms with Crippen molar-refractivity contribution in [2.75, 3.05) is 26.2 Å². The van der Waals surface area contributed by atoms with E-state index >= 15 is 0 Å². The molecule has 2 heterocycles. The fraction of sp³-hybridized carbons (Fsp3) is 0.500. The van der Waals surface area contributed by atoms with Crippen LogP contribution in [0.15, 0.2) is 30.3 Å². The van der Waals surface area contributed by atoms with Crippen LogP contribution in [-0.4, -0.2) is 52.9 Å². The second-order valence-electron chi connectivity index (χ2n) is 5.90. The topological polar surface area (TPSA) is 49.6 Å². The first-order valence-corrected chi connectivity index (χ1v) is 7.92. The van der Waals surface area contributed by atoms with Crippen molar-refractivity contribution in [2.24, 2.45) is 5.73 Å². The lowest BCUT2D eigenvalue weighted by atomic mass is 9.97. The maximum absolute atomic E-state index is 11.7. The third-order valence-electron chi connectivity index (χ3n) is 4.56. The third-order valence-corrected chi connectivity index (χ3v) is 4.85. The summed E-state index contributed by atoms with van der Waals surface area (Å²) in [5.74, 6) is 0.401. The van der Waals surface area contributed by atoms with Crippen molar-refractivity contribution in [1.82, 2.24) is 9.80 Å². The van der Waals surface area contributed by atoms with Gasteiger partial charge in [-0.2, -0.15) is 0 Å². The quantitative estimate of drug-likeness (QED) is 0.854. The molecule has 2 aliphatic rings. The molecule has 5 heteroatoms. The lowest BCUT2D eigenvalue weighted by Crippen LogP contribution is -2.52. The van der Waals surface area contributed by atoms with Gasteiger partial charge in [-0.1, -0.05) is 42.5 Å². The number of fused-ring (bicyclic) bond motifs is 1. The minimum Gasteiger partial charge on any atom is -0.393 e. The zero-order valence-corrected chi connectivity index (χ0v) is 12.9. The lowest BCUT2D eigenvalue weighted by molar-refractivity contribution is -0.130. The number of nitrogens with two attached hydrogens (primary N) is 1. The third kappa shape index (κ3) is 3.09. The molecule has 0 saturated carbocycles. The van der Waals surface area contributed by atoms with Gasteiger partial charge in [-0.15, -0.1) is 0 Å². The van der Waals surface area contributed by atoms with Crippen LogP contribution >= 0.6 is 12.2 Å². The van der Waals surface area contributed by atoms with Crippen molar-refractivity contribution >= 4 is 23.1 Å². The molecule has 0 aliphatic carbocycles. The number of hydrogen-bond donors (Lipinski definition) is 1. The first kappa shape index (κ1) is 14.5. The number of nitrogens with zero attached hydrogens (tertiary/aromatic N) is 2. The highest BCUT2D eigenvalue weighted by atomic mass is 32.1. The number of thiocarbonyl (C=S) groups is 1. The van der Waals surface area contributed by atoms with Crippen molar-refractivity contribution in [3.8, 4) is 0 Å². The molecule has 2 fully saturated rings. The van der Waals surface area contributed by atoms with Crippen LogP contribution in [0.3, 0.4) is 0 Å². The van der Waals surface area contributed by atoms with E-state index in [2.05, 4.69) is 17.0 Å². The predicted molar refractivity (Wildman–Crippen MR) is 87.1 cm³/mol. The molecule has 1 amide bonds. The molecule has 2 aliphatic heterocycles. The summed E-state index contributed by atoms with van der Waals surface area (Å²) in [5.41, 5.74) is 7.13. The van der Waals surface area contributed by atoms with E-state index < -0.39 is 0 Å². The number of carbonyl (C=O) groups is 1. The molecule has 0 radical (unpaired) electrons. The Labute approximate surface area is 130 Å². The van der Waals surface area contributed by atoms with E-state index in [9.17, 15) is 4.79 Å². The van der Waals surface area contributed by atoms with E-state index in [1.807, 2.05) is 23.1 Å². The van der Waals surface area contributed by atoms with Crippen molar-refractivity contribution in [3.63, 3.8) is 0 Å². The second-order valence-corrected chi connectivity index (χ2v) is 6.38. The highest BCUT2D eigenvalue weighted by molar-refractivity contribution is 7.80. The van der Waals surface area contributed by atoms with Crippen LogP contribution in [0.4, 0.5) is 0 Å². The largest absolute Gasteiger partial charge is 0.393 e. The predicted octanol–water partition coefficient (Wildman–Crippen LogP) is 1.36. The minimum absolute atomic E-state index is 0.0878. The molecule has 0 bridgehead atoms. The highest BCUT2D eigenvalue weighted by Gasteiger charge is 2.36. The van der Waals surface area contributed by atoms with Gasteiger partial charge < -0.3 is 10.6 Å². The molecule has 0 spiro atoms. The summed E-state index contributed by atoms with van der Waals surface area (Å²) in [4.78, 5) is 16.7. The van der Waals surface area contributed by atoms with Gasteiger partial charge in [-0.3, -0.25) is 9.69 Å². The summed E-state index contributed by atoms with van der Waals surface area (Å²) < 4.78 is 0. The van der Waals surface area contributed by atoms with Gasteiger partial charge in [0.1, 0.15) is 0 Å². The van der Waals surface area contributed by atoms with Crippen LogP contribution in [0.25, 0.3) is 0 Å². The first-order chi connectivity index (χ1) is 10.1. The van der Waals surface area contributed by atoms with Crippen LogP contribution in [0.2, 0.25) is 0 Å². The zero-order valence-electron chi connectivity index (χ0n) is 12.1. The Bertz CT molecular complexity index is 534. The molecule has 0 aromatic heterocycles. The molecule has 2 unspecified atom stereocenters. The summed E-state index contributed by atoms with van der Waals surface area (Å²) in [6, 6.07) is 10.6. The summed E-state index contributed by atoms with van der Waals surface area (Å²) >= 11 is 5.27. The van der Waals surface area contributed by atoms with Crippen LogP contribution in [0, 0.1) is 0 Å². The molecule has 2 N–H and O–H groups in total. The Kier molecular flexibility index (Phi) is 4.22. The monoisotopic (exact) mass is 303 g/mol. The fourth-order valence-corrected chi connectivity index (χ4v) is 3.61. The number of amides is 1. The molecule has 2 saturated heterocycles. The van der Waals surface area contributed by atoms with Crippen LogP contribution in [0.1, 0.15) is 24.3 Å². The summed E-state index contributed by atoms with van der Waals surface area (Å²) in [5, 5.41) is 0. The van der Waals surface area contributed by atoms with Gasteiger partial charge in [0.2, 0.25) is 5.91 Å². The van der Waals surface area contributed by atoms with E-state index in [-0.39, 0.29) is 5.92 Å². The summed E-state index contributed by atoms with van der Waals surface area (Å²) in [6.07, 6.45) is 1.69. The maximum Gasteiger partial charge on any atom is 0.222 e. The molecule has 4 nitrogen and oxygen atoms in total. The van der Waals surface area contributed by atoms with Gasteiger partial charge in [-0.25, -0.2) is 0 Å². The van der Waals surface area contributed by atoms with Crippen molar-refractivity contribution < 1.29 is 4.79 Å². The van der Waals surface area contributed by atoms with E-state index in [1.54, 1.807) is 0 Å². The average Bonchev–Trinajstić information content (AvgIpc) is 2.86. The second kappa shape index (κ2) is 6.12. The smallest absolute Gasteiger partial charge is 0.222 e. The molecule has 1 aromatic carbocycles. The van der Waals surface area contributed by atoms with E-state index in [1.165, 1.54) is 5.56 Å². The standard InChI is InChI=1S/C16H21N3OS/c17-16(21)14(12-4-2-1-3-5-12)11-18-8-9-19-13(10-18)6-7-15(19)20/h1-5,13-14H,6-11H2,(H2,17,21). The van der Waals surface area contributed by atoms with Gasteiger partial charge in [-0.05, 0) is 12.0 Å². The Morgan fingerprint density at radius 3 is 2.81 bits per heavy atom. The molecule has 3 rings (SSSR count). The minimum atomic E-state index is 0.0878. The molecule has 1 aromatic rings. The number of benzene rings is 1. The van der Waals surface area contributed by atoms with Crippen LogP contribution < -0.4 is 5.73 Å². The first-order valence-electron chi connectivity index (χ1n) is 7.51. The van der Waals surface area contributed by atoms with Crippen molar-refractivity contribution in [2.45, 2.75) is 24.8 Å². The van der Waals surface area contributed by atoms with E-state index in [0.717, 1.165) is 32.6 Å². The molecular weight excluding hydrogens is 282 g/mol. The van der Waals surface area contributed by atoms with Crippen molar-refractivity contribution in [1.29, 1.82) is 0 Å². The molecule has 112 valence electrons. The number of carbonyl (C=O) groups excluding carboxylic acids is 1. The SMILES string of the molecule is NC(=S)C(CN1CCN2C(=O)CCC2C1)c1ccccc1. The maximum atomic E-state index is 11.7. The number of hydrogen-bond acceptors (Lipinski definition) is 3. The molecular formula is C16H21N3OS. The van der Waals surface area contributed by atoms with Crippen LogP contribution in [-0.2, 0) is 4.79 Å². The highest BCUT2D eigenvalue weighted by Crippen LogP contribution is 2.25. The Morgan fingerprint density at radius 1 is 1.33 bits per heavy atom. The molecule has 2 atom stereocenters. The summed E-state index contributed by atoms with van der Waals surface area (Å²) in [7, 11) is 0.